The molecular weight excluding hydrogens is 481 g/mol. The summed E-state index contributed by atoms with van der Waals surface area (Å²) in [7, 11) is 0. The van der Waals surface area contributed by atoms with Crippen molar-refractivity contribution in [3.8, 4) is 5.82 Å². The van der Waals surface area contributed by atoms with Crippen LogP contribution in [-0.4, -0.2) is 26.6 Å². The van der Waals surface area contributed by atoms with Gasteiger partial charge in [0.25, 0.3) is 11.8 Å². The van der Waals surface area contributed by atoms with Crippen molar-refractivity contribution in [1.29, 1.82) is 0 Å². The second-order valence-corrected chi connectivity index (χ2v) is 7.19. The monoisotopic (exact) mass is 497 g/mol. The Hall–Kier alpha value is -2.42. The Balaban J connectivity index is 0.00000145. The van der Waals surface area contributed by atoms with Crippen LogP contribution in [0.25, 0.3) is 5.82 Å². The summed E-state index contributed by atoms with van der Waals surface area (Å²) >= 11 is 15.4. The summed E-state index contributed by atoms with van der Waals surface area (Å²) in [5.41, 5.74) is 6.54. The highest BCUT2D eigenvalue weighted by Crippen LogP contribution is 2.27. The summed E-state index contributed by atoms with van der Waals surface area (Å²) in [4.78, 5) is 28.8. The summed E-state index contributed by atoms with van der Waals surface area (Å²) in [6, 6.07) is 7.83. The van der Waals surface area contributed by atoms with Gasteiger partial charge in [-0.25, -0.2) is 9.67 Å². The van der Waals surface area contributed by atoms with Crippen molar-refractivity contribution in [2.24, 2.45) is 5.73 Å². The van der Waals surface area contributed by atoms with Gasteiger partial charge in [0.05, 0.1) is 16.3 Å². The van der Waals surface area contributed by atoms with Crippen molar-refractivity contribution in [2.75, 3.05) is 5.32 Å². The Labute approximate surface area is 186 Å². The standard InChI is InChI=1S/C17H12BrCl2N5O2.C2H6/c1-8-5-9(19)6-10(15(21)26)14(8)23-17(27)12-7-13(18)24-25(12)16-11(20)3-2-4-22-16;1-2/h2-7H,1H3,(H2,21,26)(H,23,27);1-2H3. The number of anilines is 1. The largest absolute Gasteiger partial charge is 0.366 e. The number of carbonyl (C=O) groups excluding carboxylic acids is 2. The quantitative estimate of drug-likeness (QED) is 0.526. The van der Waals surface area contributed by atoms with Crippen LogP contribution in [0.2, 0.25) is 10.0 Å². The number of primary amides is 1. The number of aryl methyl sites for hydroxylation is 1. The maximum atomic E-state index is 12.9. The van der Waals surface area contributed by atoms with Crippen molar-refractivity contribution in [3.63, 3.8) is 0 Å². The molecule has 0 aliphatic rings. The molecule has 152 valence electrons. The molecule has 3 aromatic rings. The van der Waals surface area contributed by atoms with E-state index < -0.39 is 11.8 Å². The summed E-state index contributed by atoms with van der Waals surface area (Å²) in [5, 5.41) is 7.57. The zero-order chi connectivity index (χ0) is 21.7. The smallest absolute Gasteiger partial charge is 0.274 e. The lowest BCUT2D eigenvalue weighted by atomic mass is 10.1. The average Bonchev–Trinajstić information content (AvgIpc) is 3.07. The van der Waals surface area contributed by atoms with Gasteiger partial charge in [-0.2, -0.15) is 5.10 Å². The molecule has 0 aliphatic carbocycles. The minimum absolute atomic E-state index is 0.106. The van der Waals surface area contributed by atoms with Crippen LogP contribution in [0.5, 0.6) is 0 Å². The molecule has 0 unspecified atom stereocenters. The molecule has 0 aliphatic heterocycles. The number of carbonyl (C=O) groups is 2. The molecular formula is C19H18BrCl2N5O2. The van der Waals surface area contributed by atoms with Gasteiger partial charge >= 0.3 is 0 Å². The summed E-state index contributed by atoms with van der Waals surface area (Å²) in [5.74, 6) is -0.945. The van der Waals surface area contributed by atoms with E-state index in [0.29, 0.717) is 20.2 Å². The van der Waals surface area contributed by atoms with E-state index in [1.165, 1.54) is 23.0 Å². The molecule has 2 amide bonds. The Morgan fingerprint density at radius 1 is 1.21 bits per heavy atom. The highest BCUT2D eigenvalue weighted by atomic mass is 79.9. The zero-order valence-corrected chi connectivity index (χ0v) is 18.9. The third-order valence-electron chi connectivity index (χ3n) is 3.66. The Bertz CT molecular complexity index is 1070. The molecule has 0 atom stereocenters. The minimum atomic E-state index is -0.710. The first-order chi connectivity index (χ1) is 13.8. The maximum Gasteiger partial charge on any atom is 0.274 e. The lowest BCUT2D eigenvalue weighted by Crippen LogP contribution is -2.21. The van der Waals surface area contributed by atoms with Gasteiger partial charge in [-0.1, -0.05) is 37.0 Å². The van der Waals surface area contributed by atoms with E-state index in [9.17, 15) is 9.59 Å². The molecule has 2 aromatic heterocycles. The van der Waals surface area contributed by atoms with Gasteiger partial charge < -0.3 is 11.1 Å². The Morgan fingerprint density at radius 3 is 2.52 bits per heavy atom. The number of hydrogen-bond acceptors (Lipinski definition) is 4. The van der Waals surface area contributed by atoms with E-state index in [-0.39, 0.29) is 22.8 Å². The number of amides is 2. The molecule has 0 saturated heterocycles. The SMILES string of the molecule is CC.Cc1cc(Cl)cc(C(N)=O)c1NC(=O)c1cc(Br)nn1-c1ncccc1Cl. The molecule has 0 fully saturated rings. The third kappa shape index (κ3) is 5.14. The van der Waals surface area contributed by atoms with Gasteiger partial charge in [-0.3, -0.25) is 9.59 Å². The lowest BCUT2D eigenvalue weighted by molar-refractivity contribution is 0.100. The molecule has 0 radical (unpaired) electrons. The van der Waals surface area contributed by atoms with Crippen molar-refractivity contribution >= 4 is 56.6 Å². The lowest BCUT2D eigenvalue weighted by Gasteiger charge is -2.13. The average molecular weight is 499 g/mol. The van der Waals surface area contributed by atoms with Crippen molar-refractivity contribution < 1.29 is 9.59 Å². The minimum Gasteiger partial charge on any atom is -0.366 e. The topological polar surface area (TPSA) is 103 Å². The number of hydrogen-bond donors (Lipinski definition) is 2. The van der Waals surface area contributed by atoms with Gasteiger partial charge in [-0.05, 0) is 52.7 Å². The van der Waals surface area contributed by atoms with Crippen LogP contribution in [0.15, 0.2) is 41.1 Å². The second kappa shape index (κ2) is 9.87. The van der Waals surface area contributed by atoms with Gasteiger partial charge in [0.15, 0.2) is 5.82 Å². The second-order valence-electron chi connectivity index (χ2n) is 5.54. The number of nitrogens with two attached hydrogens (primary N) is 1. The molecule has 3 rings (SSSR count). The molecule has 1 aromatic carbocycles. The van der Waals surface area contributed by atoms with Crippen molar-refractivity contribution in [1.82, 2.24) is 14.8 Å². The van der Waals surface area contributed by atoms with Crippen LogP contribution in [0.1, 0.15) is 40.3 Å². The van der Waals surface area contributed by atoms with E-state index in [2.05, 4.69) is 31.3 Å². The summed E-state index contributed by atoms with van der Waals surface area (Å²) in [6.45, 7) is 5.71. The first-order valence-corrected chi connectivity index (χ1v) is 10.1. The van der Waals surface area contributed by atoms with E-state index in [0.717, 1.165) is 0 Å². The molecule has 0 saturated carbocycles. The molecule has 7 nitrogen and oxygen atoms in total. The molecule has 0 bridgehead atoms. The number of benzene rings is 1. The van der Waals surface area contributed by atoms with Gasteiger partial charge in [-0.15, -0.1) is 0 Å². The highest BCUT2D eigenvalue weighted by molar-refractivity contribution is 9.10. The van der Waals surface area contributed by atoms with Crippen LogP contribution >= 0.6 is 39.1 Å². The predicted molar refractivity (Wildman–Crippen MR) is 118 cm³/mol. The first kappa shape index (κ1) is 22.9. The fourth-order valence-electron chi connectivity index (χ4n) is 2.49. The number of aromatic nitrogens is 3. The van der Waals surface area contributed by atoms with Gasteiger partial charge in [0, 0.05) is 17.3 Å². The Kier molecular flexibility index (Phi) is 7.78. The normalized spacial score (nSPS) is 10.1. The van der Waals surface area contributed by atoms with Crippen molar-refractivity contribution in [2.45, 2.75) is 20.8 Å². The molecule has 2 heterocycles. The molecule has 10 heteroatoms. The van der Waals surface area contributed by atoms with Gasteiger partial charge in [0.1, 0.15) is 10.3 Å². The van der Waals surface area contributed by atoms with E-state index >= 15 is 0 Å². The van der Waals surface area contributed by atoms with E-state index in [1.54, 1.807) is 25.1 Å². The predicted octanol–water partition coefficient (Wildman–Crippen LogP) is 5.02. The van der Waals surface area contributed by atoms with Crippen LogP contribution < -0.4 is 11.1 Å². The van der Waals surface area contributed by atoms with Crippen molar-refractivity contribution in [3.05, 3.63) is 68.0 Å². The number of rotatable bonds is 4. The number of nitrogens with one attached hydrogen (secondary N) is 1. The molecule has 3 N–H and O–H groups in total. The molecule has 29 heavy (non-hydrogen) atoms. The fraction of sp³-hybridized carbons (Fsp3) is 0.158. The Morgan fingerprint density at radius 2 is 1.90 bits per heavy atom. The van der Waals surface area contributed by atoms with Gasteiger partial charge in [0.2, 0.25) is 0 Å². The third-order valence-corrected chi connectivity index (χ3v) is 4.56. The fourth-order valence-corrected chi connectivity index (χ4v) is 3.34. The number of nitrogens with zero attached hydrogens (tertiary/aromatic N) is 3. The zero-order valence-electron chi connectivity index (χ0n) is 15.8. The highest BCUT2D eigenvalue weighted by Gasteiger charge is 2.21. The number of halogens is 3. The van der Waals surface area contributed by atoms with Crippen LogP contribution in [0.3, 0.4) is 0 Å². The van der Waals surface area contributed by atoms with Crippen LogP contribution in [-0.2, 0) is 0 Å². The molecule has 0 spiro atoms. The van der Waals surface area contributed by atoms with Crippen LogP contribution in [0, 0.1) is 6.92 Å². The van der Waals surface area contributed by atoms with E-state index in [4.69, 9.17) is 28.9 Å². The first-order valence-electron chi connectivity index (χ1n) is 8.55. The van der Waals surface area contributed by atoms with Crippen LogP contribution in [0.4, 0.5) is 5.69 Å². The van der Waals surface area contributed by atoms with E-state index in [1.807, 2.05) is 13.8 Å². The summed E-state index contributed by atoms with van der Waals surface area (Å²) < 4.78 is 1.72. The summed E-state index contributed by atoms with van der Waals surface area (Å²) in [6.07, 6.45) is 1.53. The number of pyridine rings is 1. The maximum absolute atomic E-state index is 12.9.